The molecule has 6 nitrogen and oxygen atoms in total. The number of benzene rings is 1. The number of hydrogen-bond acceptors (Lipinski definition) is 4. The van der Waals surface area contributed by atoms with Gasteiger partial charge in [0.25, 0.3) is 0 Å². The zero-order valence-electron chi connectivity index (χ0n) is 19.6. The fraction of sp³-hybridized carbons (Fsp3) is 0.680. The van der Waals surface area contributed by atoms with Crippen LogP contribution >= 0.6 is 0 Å². The van der Waals surface area contributed by atoms with Crippen LogP contribution in [0.25, 0.3) is 0 Å². The summed E-state index contributed by atoms with van der Waals surface area (Å²) < 4.78 is 5.90. The molecule has 0 atom stereocenters. The maximum Gasteiger partial charge on any atom is 0.414 e. The molecule has 1 heterocycles. The van der Waals surface area contributed by atoms with Crippen LogP contribution < -0.4 is 4.74 Å². The van der Waals surface area contributed by atoms with Gasteiger partial charge in [-0.05, 0) is 74.8 Å². The van der Waals surface area contributed by atoms with E-state index in [0.717, 1.165) is 18.8 Å². The molecule has 1 aromatic carbocycles. The van der Waals surface area contributed by atoms with E-state index in [0.29, 0.717) is 0 Å². The second-order valence-corrected chi connectivity index (χ2v) is 8.89. The number of carboxylic acid groups (broad SMARTS) is 2. The van der Waals surface area contributed by atoms with Crippen LogP contribution in [-0.2, 0) is 15.0 Å². The van der Waals surface area contributed by atoms with Gasteiger partial charge < -0.3 is 19.8 Å². The molecular weight excluding hydrogens is 394 g/mol. The van der Waals surface area contributed by atoms with Crippen molar-refractivity contribution in [2.24, 2.45) is 0 Å². The number of rotatable bonds is 11. The van der Waals surface area contributed by atoms with E-state index in [-0.39, 0.29) is 5.41 Å². The van der Waals surface area contributed by atoms with Gasteiger partial charge in [0.05, 0.1) is 6.61 Å². The SMILES string of the molecule is CCC(C)(C)c1ccc(OCCCCCCCN2CCCCC2)cc1.O=C(O)C(=O)O. The van der Waals surface area contributed by atoms with Gasteiger partial charge in [0.2, 0.25) is 0 Å². The van der Waals surface area contributed by atoms with Gasteiger partial charge in [-0.1, -0.05) is 58.6 Å². The summed E-state index contributed by atoms with van der Waals surface area (Å²) in [5.41, 5.74) is 1.66. The highest BCUT2D eigenvalue weighted by molar-refractivity contribution is 6.27. The summed E-state index contributed by atoms with van der Waals surface area (Å²) in [6, 6.07) is 8.70. The highest BCUT2D eigenvalue weighted by atomic mass is 16.5. The third kappa shape index (κ3) is 11.8. The minimum Gasteiger partial charge on any atom is -0.494 e. The minimum atomic E-state index is -1.82. The van der Waals surface area contributed by atoms with Crippen LogP contribution in [0.1, 0.15) is 84.1 Å². The number of ether oxygens (including phenoxy) is 1. The van der Waals surface area contributed by atoms with Crippen LogP contribution in [0.2, 0.25) is 0 Å². The van der Waals surface area contributed by atoms with E-state index < -0.39 is 11.9 Å². The summed E-state index contributed by atoms with van der Waals surface area (Å²) in [5.74, 6) is -2.63. The van der Waals surface area contributed by atoms with Gasteiger partial charge in [0.1, 0.15) is 5.75 Å². The molecule has 1 aliphatic heterocycles. The normalized spacial score (nSPS) is 14.4. The van der Waals surface area contributed by atoms with E-state index >= 15 is 0 Å². The average molecular weight is 436 g/mol. The molecule has 2 rings (SSSR count). The lowest BCUT2D eigenvalue weighted by atomic mass is 9.82. The van der Waals surface area contributed by atoms with Gasteiger partial charge in [-0.15, -0.1) is 0 Å². The molecule has 0 aliphatic carbocycles. The molecule has 0 bridgehead atoms. The molecule has 31 heavy (non-hydrogen) atoms. The van der Waals surface area contributed by atoms with Crippen molar-refractivity contribution in [2.75, 3.05) is 26.2 Å². The van der Waals surface area contributed by atoms with Crippen LogP contribution in [0, 0.1) is 0 Å². The number of carbonyl (C=O) groups is 2. The third-order valence-corrected chi connectivity index (χ3v) is 6.04. The summed E-state index contributed by atoms with van der Waals surface area (Å²) >= 11 is 0. The van der Waals surface area contributed by atoms with Crippen molar-refractivity contribution in [1.29, 1.82) is 0 Å². The number of carboxylic acids is 2. The highest BCUT2D eigenvalue weighted by Gasteiger charge is 2.17. The molecule has 6 heteroatoms. The number of aliphatic carboxylic acids is 2. The molecule has 1 aliphatic rings. The fourth-order valence-corrected chi connectivity index (χ4v) is 3.55. The first-order chi connectivity index (χ1) is 14.8. The zero-order chi connectivity index (χ0) is 23.1. The molecule has 176 valence electrons. The Bertz CT molecular complexity index is 624. The molecule has 1 aromatic rings. The Balaban J connectivity index is 0.000000703. The standard InChI is InChI=1S/C23H39NO.C2H2O4/c1-4-23(2,3)21-13-15-22(16-14-21)25-20-12-7-5-6-9-17-24-18-10-8-11-19-24;3-1(4)2(5)6/h13-16H,4-12,17-20H2,1-3H3;(H,3,4)(H,5,6). The number of unbranched alkanes of at least 4 members (excludes halogenated alkanes) is 4. The summed E-state index contributed by atoms with van der Waals surface area (Å²) in [4.78, 5) is 20.8. The maximum atomic E-state index is 9.10. The quantitative estimate of drug-likeness (QED) is 0.360. The molecule has 0 radical (unpaired) electrons. The Morgan fingerprint density at radius 1 is 0.903 bits per heavy atom. The lowest BCUT2D eigenvalue weighted by Crippen LogP contribution is -2.30. The van der Waals surface area contributed by atoms with Crippen molar-refractivity contribution in [3.63, 3.8) is 0 Å². The second kappa shape index (κ2) is 14.8. The molecule has 0 spiro atoms. The molecule has 0 unspecified atom stereocenters. The van der Waals surface area contributed by atoms with Crippen molar-refractivity contribution < 1.29 is 24.5 Å². The van der Waals surface area contributed by atoms with Gasteiger partial charge in [-0.25, -0.2) is 9.59 Å². The van der Waals surface area contributed by atoms with Gasteiger partial charge in [0, 0.05) is 0 Å². The van der Waals surface area contributed by atoms with E-state index in [4.69, 9.17) is 24.5 Å². The highest BCUT2D eigenvalue weighted by Crippen LogP contribution is 2.28. The fourth-order valence-electron chi connectivity index (χ4n) is 3.55. The minimum absolute atomic E-state index is 0.257. The van der Waals surface area contributed by atoms with E-state index in [1.165, 1.54) is 76.6 Å². The molecule has 1 saturated heterocycles. The van der Waals surface area contributed by atoms with Crippen molar-refractivity contribution >= 4 is 11.9 Å². The van der Waals surface area contributed by atoms with E-state index in [1.807, 2.05) is 0 Å². The maximum absolute atomic E-state index is 9.10. The Kier molecular flexibility index (Phi) is 12.9. The van der Waals surface area contributed by atoms with Crippen molar-refractivity contribution in [3.8, 4) is 5.75 Å². The molecule has 0 saturated carbocycles. The lowest BCUT2D eigenvalue weighted by molar-refractivity contribution is -0.159. The van der Waals surface area contributed by atoms with Crippen LogP contribution in [0.4, 0.5) is 0 Å². The van der Waals surface area contributed by atoms with Crippen molar-refractivity contribution in [3.05, 3.63) is 29.8 Å². The predicted molar refractivity (Wildman–Crippen MR) is 124 cm³/mol. The van der Waals surface area contributed by atoms with Gasteiger partial charge in [-0.3, -0.25) is 0 Å². The van der Waals surface area contributed by atoms with Crippen LogP contribution in [0.15, 0.2) is 24.3 Å². The number of likely N-dealkylation sites (tertiary alicyclic amines) is 1. The van der Waals surface area contributed by atoms with Crippen molar-refractivity contribution in [1.82, 2.24) is 4.90 Å². The topological polar surface area (TPSA) is 87.1 Å². The largest absolute Gasteiger partial charge is 0.494 e. The summed E-state index contributed by atoms with van der Waals surface area (Å²) in [7, 11) is 0. The molecule has 2 N–H and O–H groups in total. The van der Waals surface area contributed by atoms with Gasteiger partial charge in [0.15, 0.2) is 0 Å². The number of nitrogens with zero attached hydrogens (tertiary/aromatic N) is 1. The molecule has 1 fully saturated rings. The Morgan fingerprint density at radius 2 is 1.45 bits per heavy atom. The number of hydrogen-bond donors (Lipinski definition) is 2. The molecule has 0 amide bonds. The summed E-state index contributed by atoms with van der Waals surface area (Å²) in [6.45, 7) is 11.7. The smallest absolute Gasteiger partial charge is 0.414 e. The van der Waals surface area contributed by atoms with E-state index in [1.54, 1.807) is 0 Å². The number of piperidine rings is 1. The molecule has 0 aromatic heterocycles. The van der Waals surface area contributed by atoms with Crippen LogP contribution in [-0.4, -0.2) is 53.3 Å². The second-order valence-electron chi connectivity index (χ2n) is 8.89. The summed E-state index contributed by atoms with van der Waals surface area (Å²) in [6.07, 6.45) is 12.0. The Hall–Kier alpha value is -2.08. The first kappa shape index (κ1) is 27.0. The van der Waals surface area contributed by atoms with E-state index in [9.17, 15) is 0 Å². The van der Waals surface area contributed by atoms with Crippen molar-refractivity contribution in [2.45, 2.75) is 84.0 Å². The average Bonchev–Trinajstić information content (AvgIpc) is 2.77. The van der Waals surface area contributed by atoms with Gasteiger partial charge >= 0.3 is 11.9 Å². The first-order valence-electron chi connectivity index (χ1n) is 11.7. The van der Waals surface area contributed by atoms with Crippen LogP contribution in [0.5, 0.6) is 5.75 Å². The van der Waals surface area contributed by atoms with E-state index in [2.05, 4.69) is 49.9 Å². The summed E-state index contributed by atoms with van der Waals surface area (Å²) in [5, 5.41) is 14.8. The first-order valence-corrected chi connectivity index (χ1v) is 11.7. The predicted octanol–water partition coefficient (Wildman–Crippen LogP) is 5.35. The Morgan fingerprint density at radius 3 is 2.00 bits per heavy atom. The third-order valence-electron chi connectivity index (χ3n) is 6.04. The monoisotopic (exact) mass is 435 g/mol. The zero-order valence-corrected chi connectivity index (χ0v) is 19.6. The van der Waals surface area contributed by atoms with Crippen LogP contribution in [0.3, 0.4) is 0 Å². The van der Waals surface area contributed by atoms with Gasteiger partial charge in [-0.2, -0.15) is 0 Å². The lowest BCUT2D eigenvalue weighted by Gasteiger charge is -2.26. The Labute approximate surface area is 187 Å². The molecular formula is C25H41NO5.